The van der Waals surface area contributed by atoms with E-state index in [-0.39, 0.29) is 28.7 Å². The van der Waals surface area contributed by atoms with Crippen LogP contribution in [0, 0.1) is 0 Å². The molecule has 1 aromatic rings. The number of hydrogen-bond donors (Lipinski definition) is 1. The molecule has 2 rings (SSSR count). The zero-order valence-electron chi connectivity index (χ0n) is 10.8. The van der Waals surface area contributed by atoms with Crippen LogP contribution < -0.4 is 5.73 Å². The molecular weight excluding hydrogens is 301 g/mol. The minimum atomic E-state index is -0.529. The third-order valence-corrected chi connectivity index (χ3v) is 4.08. The van der Waals surface area contributed by atoms with Crippen LogP contribution in [0.4, 0.5) is 0 Å². The van der Waals surface area contributed by atoms with Crippen LogP contribution in [0.2, 0.25) is 10.2 Å². The number of halogens is 2. The van der Waals surface area contributed by atoms with E-state index >= 15 is 0 Å². The third-order valence-electron chi connectivity index (χ3n) is 3.40. The Labute approximate surface area is 127 Å². The molecule has 7 heteroatoms. The Hall–Kier alpha value is -1.33. The van der Waals surface area contributed by atoms with Crippen molar-refractivity contribution in [2.75, 3.05) is 6.54 Å². The molecule has 1 aliphatic rings. The van der Waals surface area contributed by atoms with Gasteiger partial charge in [-0.15, -0.1) is 0 Å². The fourth-order valence-electron chi connectivity index (χ4n) is 2.45. The first-order valence-electron chi connectivity index (χ1n) is 6.39. The molecule has 5 nitrogen and oxygen atoms in total. The summed E-state index contributed by atoms with van der Waals surface area (Å²) in [6.07, 6.45) is 5.22. The van der Waals surface area contributed by atoms with Gasteiger partial charge >= 0.3 is 0 Å². The molecule has 0 unspecified atom stereocenters. The minimum absolute atomic E-state index is 0.0458. The van der Waals surface area contributed by atoms with Gasteiger partial charge in [0, 0.05) is 12.2 Å². The summed E-state index contributed by atoms with van der Waals surface area (Å²) < 4.78 is 0. The van der Waals surface area contributed by atoms with Crippen molar-refractivity contribution in [3.63, 3.8) is 0 Å². The number of hydrogen-bond acceptors (Lipinski definition) is 3. The highest BCUT2D eigenvalue weighted by atomic mass is 35.5. The Bertz CT molecular complexity index is 530. The normalized spacial score (nSPS) is 15.3. The minimum Gasteiger partial charge on any atom is -0.368 e. The van der Waals surface area contributed by atoms with Gasteiger partial charge in [0.1, 0.15) is 5.15 Å². The van der Waals surface area contributed by atoms with Crippen molar-refractivity contribution < 1.29 is 9.59 Å². The molecular formula is C13H15Cl2N3O2. The summed E-state index contributed by atoms with van der Waals surface area (Å²) in [5.74, 6) is -0.819. The first-order valence-corrected chi connectivity index (χ1v) is 7.15. The van der Waals surface area contributed by atoms with Crippen LogP contribution >= 0.6 is 23.2 Å². The van der Waals surface area contributed by atoms with Gasteiger partial charge in [0.2, 0.25) is 5.91 Å². The van der Waals surface area contributed by atoms with E-state index in [0.717, 1.165) is 25.7 Å². The van der Waals surface area contributed by atoms with Crippen LogP contribution in [0.15, 0.2) is 12.3 Å². The van der Waals surface area contributed by atoms with Crippen molar-refractivity contribution in [2.45, 2.75) is 31.7 Å². The van der Waals surface area contributed by atoms with Gasteiger partial charge in [-0.25, -0.2) is 4.98 Å². The Kier molecular flexibility index (Phi) is 4.83. The first-order chi connectivity index (χ1) is 9.49. The lowest BCUT2D eigenvalue weighted by atomic mass is 10.1. The number of carbonyl (C=O) groups is 2. The summed E-state index contributed by atoms with van der Waals surface area (Å²) in [4.78, 5) is 29.1. The predicted octanol–water partition coefficient (Wildman–Crippen LogP) is 2.26. The van der Waals surface area contributed by atoms with E-state index in [1.807, 2.05) is 0 Å². The van der Waals surface area contributed by atoms with Gasteiger partial charge in [0.05, 0.1) is 17.1 Å². The van der Waals surface area contributed by atoms with Crippen molar-refractivity contribution in [1.82, 2.24) is 9.88 Å². The van der Waals surface area contributed by atoms with Gasteiger partial charge in [-0.2, -0.15) is 0 Å². The molecule has 1 aromatic heterocycles. The molecule has 1 aliphatic carbocycles. The number of aromatic nitrogens is 1. The molecule has 0 radical (unpaired) electrons. The quantitative estimate of drug-likeness (QED) is 0.866. The molecule has 2 N–H and O–H groups in total. The van der Waals surface area contributed by atoms with E-state index in [9.17, 15) is 9.59 Å². The summed E-state index contributed by atoms with van der Waals surface area (Å²) >= 11 is 11.6. The molecule has 1 saturated carbocycles. The average molecular weight is 316 g/mol. The Morgan fingerprint density at radius 1 is 1.35 bits per heavy atom. The van der Waals surface area contributed by atoms with Crippen molar-refractivity contribution in [3.05, 3.63) is 28.0 Å². The number of primary amides is 1. The van der Waals surface area contributed by atoms with Gasteiger partial charge in [-0.1, -0.05) is 36.0 Å². The molecule has 0 aliphatic heterocycles. The second-order valence-electron chi connectivity index (χ2n) is 4.83. The summed E-state index contributed by atoms with van der Waals surface area (Å²) in [6, 6.07) is 1.51. The maximum Gasteiger partial charge on any atom is 0.256 e. The van der Waals surface area contributed by atoms with Crippen LogP contribution in [0.5, 0.6) is 0 Å². The second-order valence-corrected chi connectivity index (χ2v) is 5.60. The van der Waals surface area contributed by atoms with Crippen molar-refractivity contribution in [1.29, 1.82) is 0 Å². The second kappa shape index (κ2) is 6.41. The lowest BCUT2D eigenvalue weighted by Gasteiger charge is -2.27. The fourth-order valence-corrected chi connectivity index (χ4v) is 2.72. The number of amides is 2. The van der Waals surface area contributed by atoms with E-state index in [1.165, 1.54) is 17.2 Å². The van der Waals surface area contributed by atoms with Crippen LogP contribution in [0.3, 0.4) is 0 Å². The van der Waals surface area contributed by atoms with E-state index in [4.69, 9.17) is 28.9 Å². The van der Waals surface area contributed by atoms with E-state index in [1.54, 1.807) is 0 Å². The molecule has 1 heterocycles. The highest BCUT2D eigenvalue weighted by Crippen LogP contribution is 2.26. The average Bonchev–Trinajstić information content (AvgIpc) is 2.92. The maximum atomic E-state index is 12.5. The number of carbonyl (C=O) groups excluding carboxylic acids is 2. The highest BCUT2D eigenvalue weighted by Gasteiger charge is 2.28. The number of pyridine rings is 1. The molecule has 0 spiro atoms. The van der Waals surface area contributed by atoms with Crippen LogP contribution in [0.25, 0.3) is 0 Å². The van der Waals surface area contributed by atoms with Crippen LogP contribution in [-0.4, -0.2) is 34.3 Å². The number of nitrogens with two attached hydrogens (primary N) is 1. The SMILES string of the molecule is NC(=O)CN(C(=O)c1cnc(Cl)c(Cl)c1)C1CCCC1. The van der Waals surface area contributed by atoms with E-state index in [0.29, 0.717) is 5.56 Å². The van der Waals surface area contributed by atoms with Gasteiger partial charge in [-0.05, 0) is 18.9 Å². The zero-order chi connectivity index (χ0) is 14.7. The number of rotatable bonds is 4. The van der Waals surface area contributed by atoms with Gasteiger partial charge in [0.15, 0.2) is 0 Å². The van der Waals surface area contributed by atoms with Crippen molar-refractivity contribution in [2.24, 2.45) is 5.73 Å². The molecule has 1 fully saturated rings. The van der Waals surface area contributed by atoms with E-state index < -0.39 is 5.91 Å². The predicted molar refractivity (Wildman–Crippen MR) is 76.7 cm³/mol. The van der Waals surface area contributed by atoms with Gasteiger partial charge in [0.25, 0.3) is 5.91 Å². The van der Waals surface area contributed by atoms with Crippen LogP contribution in [0.1, 0.15) is 36.0 Å². The number of nitrogens with zero attached hydrogens (tertiary/aromatic N) is 2. The fraction of sp³-hybridized carbons (Fsp3) is 0.462. The standard InChI is InChI=1S/C13H15Cl2N3O2/c14-10-5-8(6-17-12(10)15)13(20)18(7-11(16)19)9-3-1-2-4-9/h5-6,9H,1-4,7H2,(H2,16,19). The van der Waals surface area contributed by atoms with Gasteiger partial charge in [-0.3, -0.25) is 9.59 Å². The summed E-state index contributed by atoms with van der Waals surface area (Å²) in [5.41, 5.74) is 5.55. The molecule has 108 valence electrons. The largest absolute Gasteiger partial charge is 0.368 e. The summed E-state index contributed by atoms with van der Waals surface area (Å²) in [6.45, 7) is -0.0935. The molecule has 2 amide bonds. The van der Waals surface area contributed by atoms with E-state index in [2.05, 4.69) is 4.98 Å². The molecule has 20 heavy (non-hydrogen) atoms. The Morgan fingerprint density at radius 2 is 2.00 bits per heavy atom. The lowest BCUT2D eigenvalue weighted by Crippen LogP contribution is -2.44. The first kappa shape index (κ1) is 15.1. The molecule has 0 saturated heterocycles. The Balaban J connectivity index is 2.24. The summed E-state index contributed by atoms with van der Waals surface area (Å²) in [7, 11) is 0. The smallest absolute Gasteiger partial charge is 0.256 e. The molecule has 0 bridgehead atoms. The highest BCUT2D eigenvalue weighted by molar-refractivity contribution is 6.41. The summed E-state index contributed by atoms with van der Waals surface area (Å²) in [5, 5.41) is 0.355. The monoisotopic (exact) mass is 315 g/mol. The molecule has 0 aromatic carbocycles. The Morgan fingerprint density at radius 3 is 2.55 bits per heavy atom. The molecule has 0 atom stereocenters. The lowest BCUT2D eigenvalue weighted by molar-refractivity contribution is -0.119. The zero-order valence-corrected chi connectivity index (χ0v) is 12.3. The van der Waals surface area contributed by atoms with Crippen LogP contribution in [-0.2, 0) is 4.79 Å². The van der Waals surface area contributed by atoms with Gasteiger partial charge < -0.3 is 10.6 Å². The topological polar surface area (TPSA) is 76.3 Å². The third kappa shape index (κ3) is 3.41. The van der Waals surface area contributed by atoms with Crippen molar-refractivity contribution >= 4 is 35.0 Å². The maximum absolute atomic E-state index is 12.5. The van der Waals surface area contributed by atoms with Crippen molar-refractivity contribution in [3.8, 4) is 0 Å².